The molecular weight excluding hydrogens is 642 g/mol. The van der Waals surface area contributed by atoms with Crippen LogP contribution in [0.2, 0.25) is 5.02 Å². The Morgan fingerprint density at radius 1 is 1.11 bits per heavy atom. The SMILES string of the molecule is CCOC(=O)C1=C(c2ccccc2)N=c2s/c(=C\c3cc(Cl)c(OCc4ccccc4C#N)c(OC)c3)c(=O)n2[C@@H]1c1cccs1. The van der Waals surface area contributed by atoms with E-state index >= 15 is 0 Å². The van der Waals surface area contributed by atoms with Crippen molar-refractivity contribution in [2.45, 2.75) is 19.6 Å². The summed E-state index contributed by atoms with van der Waals surface area (Å²) in [6.45, 7) is 2.04. The summed E-state index contributed by atoms with van der Waals surface area (Å²) in [7, 11) is 1.50. The third-order valence-corrected chi connectivity index (χ3v) is 9.43. The standard InChI is InChI=1S/C35H26ClN3O5S2/c1-3-43-34(41)29-30(22-10-5-4-6-11-22)38-35-39(31(29)27-14-9-15-45-27)33(40)28(46-35)18-21-16-25(36)32(26(17-21)42-2)44-20-24-13-8-7-12-23(24)19-37/h4-18,31H,3,20H2,1-2H3/b28-18-/t31-/m1/s1. The third kappa shape index (κ3) is 6.00. The molecule has 46 heavy (non-hydrogen) atoms. The summed E-state index contributed by atoms with van der Waals surface area (Å²) in [6.07, 6.45) is 1.72. The highest BCUT2D eigenvalue weighted by Gasteiger charge is 2.35. The zero-order valence-corrected chi connectivity index (χ0v) is 27.1. The third-order valence-electron chi connectivity index (χ3n) is 7.25. The fourth-order valence-electron chi connectivity index (χ4n) is 5.18. The summed E-state index contributed by atoms with van der Waals surface area (Å²) in [5, 5.41) is 11.6. The number of rotatable bonds is 9. The van der Waals surface area contributed by atoms with E-state index in [1.54, 1.807) is 41.8 Å². The Labute approximate surface area is 277 Å². The number of thiazole rings is 1. The zero-order valence-electron chi connectivity index (χ0n) is 24.7. The first kappa shape index (κ1) is 31.0. The molecule has 0 aliphatic carbocycles. The molecule has 0 N–H and O–H groups in total. The molecule has 1 aliphatic heterocycles. The monoisotopic (exact) mass is 667 g/mol. The number of carbonyl (C=O) groups is 1. The topological polar surface area (TPSA) is 103 Å². The summed E-state index contributed by atoms with van der Waals surface area (Å²) in [6, 6.07) is 25.2. The van der Waals surface area contributed by atoms with Crippen molar-refractivity contribution in [1.82, 2.24) is 4.57 Å². The van der Waals surface area contributed by atoms with Gasteiger partial charge in [-0.3, -0.25) is 9.36 Å². The molecule has 2 aromatic heterocycles. The van der Waals surface area contributed by atoms with E-state index < -0.39 is 12.0 Å². The van der Waals surface area contributed by atoms with E-state index in [1.807, 2.05) is 60.0 Å². The zero-order chi connectivity index (χ0) is 32.2. The number of aromatic nitrogens is 1. The average Bonchev–Trinajstić information content (AvgIpc) is 3.72. The van der Waals surface area contributed by atoms with Gasteiger partial charge < -0.3 is 14.2 Å². The number of nitriles is 1. The largest absolute Gasteiger partial charge is 0.493 e. The molecule has 1 aliphatic rings. The highest BCUT2D eigenvalue weighted by molar-refractivity contribution is 7.10. The van der Waals surface area contributed by atoms with Crippen LogP contribution in [0.25, 0.3) is 11.8 Å². The van der Waals surface area contributed by atoms with Gasteiger partial charge >= 0.3 is 5.97 Å². The van der Waals surface area contributed by atoms with Crippen LogP contribution in [-0.2, 0) is 16.1 Å². The van der Waals surface area contributed by atoms with E-state index in [0.717, 1.165) is 10.4 Å². The van der Waals surface area contributed by atoms with Gasteiger partial charge in [0, 0.05) is 16.0 Å². The number of hydrogen-bond acceptors (Lipinski definition) is 9. The van der Waals surface area contributed by atoms with Crippen molar-refractivity contribution in [1.29, 1.82) is 5.26 Å². The maximum Gasteiger partial charge on any atom is 0.338 e. The van der Waals surface area contributed by atoms with Crippen LogP contribution in [0, 0.1) is 11.3 Å². The Hall–Kier alpha value is -4.95. The van der Waals surface area contributed by atoms with Gasteiger partial charge in [-0.25, -0.2) is 9.79 Å². The lowest BCUT2D eigenvalue weighted by molar-refractivity contribution is -0.138. The Bertz CT molecular complexity index is 2180. The Morgan fingerprint density at radius 2 is 1.89 bits per heavy atom. The summed E-state index contributed by atoms with van der Waals surface area (Å²) in [5.41, 5.74) is 3.04. The smallest absolute Gasteiger partial charge is 0.338 e. The quantitative estimate of drug-likeness (QED) is 0.176. The Morgan fingerprint density at radius 3 is 2.61 bits per heavy atom. The van der Waals surface area contributed by atoms with Gasteiger partial charge in [0.1, 0.15) is 12.6 Å². The van der Waals surface area contributed by atoms with Crippen LogP contribution in [0.3, 0.4) is 0 Å². The predicted octanol–water partition coefficient (Wildman–Crippen LogP) is 6.11. The number of halogens is 1. The number of ether oxygens (including phenoxy) is 3. The van der Waals surface area contributed by atoms with E-state index in [2.05, 4.69) is 6.07 Å². The number of carbonyl (C=O) groups excluding carboxylic acids is 1. The van der Waals surface area contributed by atoms with Gasteiger partial charge in [0.15, 0.2) is 16.3 Å². The highest BCUT2D eigenvalue weighted by atomic mass is 35.5. The van der Waals surface area contributed by atoms with Crippen LogP contribution in [0.15, 0.2) is 99.6 Å². The molecule has 0 spiro atoms. The minimum absolute atomic E-state index is 0.118. The molecule has 0 amide bonds. The van der Waals surface area contributed by atoms with Gasteiger partial charge in [-0.15, -0.1) is 11.3 Å². The van der Waals surface area contributed by atoms with Crippen LogP contribution >= 0.6 is 34.3 Å². The van der Waals surface area contributed by atoms with Crippen molar-refractivity contribution in [2.24, 2.45) is 4.99 Å². The second kappa shape index (κ2) is 13.6. The molecule has 230 valence electrons. The number of methoxy groups -OCH3 is 1. The minimum Gasteiger partial charge on any atom is -0.493 e. The molecule has 0 fully saturated rings. The van der Waals surface area contributed by atoms with Crippen molar-refractivity contribution in [3.63, 3.8) is 0 Å². The molecule has 0 unspecified atom stereocenters. The van der Waals surface area contributed by atoms with Crippen molar-refractivity contribution >= 4 is 52.0 Å². The van der Waals surface area contributed by atoms with Gasteiger partial charge in [0.2, 0.25) is 0 Å². The maximum absolute atomic E-state index is 14.1. The summed E-state index contributed by atoms with van der Waals surface area (Å²) in [4.78, 5) is 33.8. The molecule has 5 aromatic rings. The second-order valence-electron chi connectivity index (χ2n) is 10.0. The van der Waals surface area contributed by atoms with Crippen LogP contribution < -0.4 is 24.4 Å². The van der Waals surface area contributed by atoms with E-state index in [9.17, 15) is 14.9 Å². The fraction of sp³-hybridized carbons (Fsp3) is 0.143. The lowest BCUT2D eigenvalue weighted by atomic mass is 9.97. The highest BCUT2D eigenvalue weighted by Crippen LogP contribution is 2.38. The number of benzene rings is 3. The van der Waals surface area contributed by atoms with Gasteiger partial charge in [-0.2, -0.15) is 5.26 Å². The van der Waals surface area contributed by atoms with Gasteiger partial charge in [0.25, 0.3) is 5.56 Å². The van der Waals surface area contributed by atoms with E-state index in [4.69, 9.17) is 30.8 Å². The van der Waals surface area contributed by atoms with Gasteiger partial charge in [-0.05, 0) is 48.2 Å². The van der Waals surface area contributed by atoms with Crippen molar-refractivity contribution in [2.75, 3.05) is 13.7 Å². The van der Waals surface area contributed by atoms with Crippen molar-refractivity contribution in [3.8, 4) is 17.6 Å². The van der Waals surface area contributed by atoms with Crippen molar-refractivity contribution in [3.05, 3.63) is 142 Å². The summed E-state index contributed by atoms with van der Waals surface area (Å²) in [5.74, 6) is 0.162. The summed E-state index contributed by atoms with van der Waals surface area (Å²) >= 11 is 9.35. The molecule has 3 heterocycles. The maximum atomic E-state index is 14.1. The molecular formula is C35H26ClN3O5S2. The lowest BCUT2D eigenvalue weighted by Crippen LogP contribution is -2.39. The summed E-state index contributed by atoms with van der Waals surface area (Å²) < 4.78 is 19.1. The van der Waals surface area contributed by atoms with Crippen LogP contribution in [-0.4, -0.2) is 24.3 Å². The first-order valence-electron chi connectivity index (χ1n) is 14.2. The Kier molecular flexibility index (Phi) is 9.17. The normalized spacial score (nSPS) is 14.3. The van der Waals surface area contributed by atoms with Gasteiger partial charge in [-0.1, -0.05) is 77.5 Å². The van der Waals surface area contributed by atoms with Crippen LogP contribution in [0.1, 0.15) is 40.1 Å². The molecule has 0 saturated carbocycles. The first-order chi connectivity index (χ1) is 22.4. The lowest BCUT2D eigenvalue weighted by Gasteiger charge is -2.24. The number of nitrogens with zero attached hydrogens (tertiary/aromatic N) is 3. The average molecular weight is 668 g/mol. The van der Waals surface area contributed by atoms with E-state index in [0.29, 0.717) is 48.8 Å². The molecule has 11 heteroatoms. The number of hydrogen-bond donors (Lipinski definition) is 0. The molecule has 8 nitrogen and oxygen atoms in total. The number of fused-ring (bicyclic) bond motifs is 1. The molecule has 1 atom stereocenters. The van der Waals surface area contributed by atoms with E-state index in [-0.39, 0.29) is 23.8 Å². The van der Waals surface area contributed by atoms with Crippen molar-refractivity contribution < 1.29 is 19.0 Å². The van der Waals surface area contributed by atoms with Crippen LogP contribution in [0.5, 0.6) is 11.5 Å². The number of esters is 1. The Balaban J connectivity index is 1.46. The molecule has 0 saturated heterocycles. The van der Waals surface area contributed by atoms with Gasteiger partial charge in [0.05, 0.1) is 46.2 Å². The second-order valence-corrected chi connectivity index (χ2v) is 12.4. The molecule has 0 bridgehead atoms. The predicted molar refractivity (Wildman–Crippen MR) is 179 cm³/mol. The number of thiophene rings is 1. The van der Waals surface area contributed by atoms with Crippen LogP contribution in [0.4, 0.5) is 0 Å². The first-order valence-corrected chi connectivity index (χ1v) is 16.3. The molecule has 6 rings (SSSR count). The minimum atomic E-state index is -0.724. The fourth-order valence-corrected chi connectivity index (χ4v) is 7.27. The van der Waals surface area contributed by atoms with E-state index in [1.165, 1.54) is 29.8 Å². The molecule has 0 radical (unpaired) electrons. The molecule has 3 aromatic carbocycles.